The number of esters is 1. The molecule has 0 aliphatic heterocycles. The Kier molecular flexibility index (Phi) is 3.97. The summed E-state index contributed by atoms with van der Waals surface area (Å²) in [6, 6.07) is 0. The number of hydrogen-bond donors (Lipinski definition) is 0. The van der Waals surface area contributed by atoms with Gasteiger partial charge in [0.15, 0.2) is 0 Å². The van der Waals surface area contributed by atoms with Gasteiger partial charge in [-0.15, -0.1) is 3.89 Å². The molecule has 0 radical (unpaired) electrons. The van der Waals surface area contributed by atoms with Gasteiger partial charge in [-0.3, -0.25) is 0 Å². The van der Waals surface area contributed by atoms with Crippen LogP contribution in [0.5, 0.6) is 0 Å². The molecule has 0 rings (SSSR count). The van der Waals surface area contributed by atoms with Crippen molar-refractivity contribution in [3.63, 3.8) is 0 Å². The van der Waals surface area contributed by atoms with Crippen LogP contribution in [0.3, 0.4) is 0 Å². The molecule has 0 fully saturated rings. The first-order chi connectivity index (χ1) is 6.48. The van der Waals surface area contributed by atoms with Crippen molar-refractivity contribution in [2.45, 2.75) is 17.3 Å². The van der Waals surface area contributed by atoms with Crippen molar-refractivity contribution < 1.29 is 35.0 Å². The predicted octanol–water partition coefficient (Wildman–Crippen LogP) is 1.35. The zero-order chi connectivity index (χ0) is 12.5. The molecule has 0 aromatic carbocycles. The third-order valence-electron chi connectivity index (χ3n) is 1.24. The van der Waals surface area contributed by atoms with Crippen molar-refractivity contribution in [1.82, 2.24) is 0 Å². The van der Waals surface area contributed by atoms with Gasteiger partial charge in [-0.05, 0) is 6.92 Å². The van der Waals surface area contributed by atoms with E-state index in [2.05, 4.69) is 16.3 Å². The van der Waals surface area contributed by atoms with Crippen LogP contribution < -0.4 is 0 Å². The summed E-state index contributed by atoms with van der Waals surface area (Å²) in [6.45, 7) is 0.537. The zero-order valence-corrected chi connectivity index (χ0v) is 8.71. The summed E-state index contributed by atoms with van der Waals surface area (Å²) in [5, 5.41) is 0. The van der Waals surface area contributed by atoms with Crippen molar-refractivity contribution >= 4 is 27.8 Å². The van der Waals surface area contributed by atoms with E-state index >= 15 is 0 Å². The molecule has 0 amide bonds. The molecule has 90 valence electrons. The number of hydrogen-bond acceptors (Lipinski definition) is 4. The van der Waals surface area contributed by atoms with Crippen molar-refractivity contribution in [2.24, 2.45) is 0 Å². The van der Waals surface area contributed by atoms with Crippen molar-refractivity contribution in [3.8, 4) is 0 Å². The van der Waals surface area contributed by atoms with Crippen molar-refractivity contribution in [3.05, 3.63) is 0 Å². The molecule has 1 atom stereocenters. The first kappa shape index (κ1) is 14.4. The maximum Gasteiger partial charge on any atom is 0.435 e. The Morgan fingerprint density at radius 1 is 1.40 bits per heavy atom. The predicted molar refractivity (Wildman–Crippen MR) is 41.3 cm³/mol. The fourth-order valence-corrected chi connectivity index (χ4v) is 1.17. The topological polar surface area (TPSA) is 60.4 Å². The summed E-state index contributed by atoms with van der Waals surface area (Å²) >= 11 is 4.46. The monoisotopic (exact) mass is 272 g/mol. The quantitative estimate of drug-likeness (QED) is 0.337. The second kappa shape index (κ2) is 4.12. The molecule has 0 N–H and O–H groups in total. The maximum atomic E-state index is 12.3. The van der Waals surface area contributed by atoms with Crippen LogP contribution >= 0.6 is 11.6 Å². The van der Waals surface area contributed by atoms with Gasteiger partial charge < -0.3 is 4.74 Å². The summed E-state index contributed by atoms with van der Waals surface area (Å²) in [6.07, 6.45) is -5.81. The van der Waals surface area contributed by atoms with Crippen LogP contribution in [0, 0.1) is 0 Å². The van der Waals surface area contributed by atoms with Crippen LogP contribution in [-0.2, 0) is 19.8 Å². The lowest BCUT2D eigenvalue weighted by Gasteiger charge is -2.22. The van der Waals surface area contributed by atoms with Gasteiger partial charge in [0, 0.05) is 0 Å². The molecule has 15 heavy (non-hydrogen) atoms. The van der Waals surface area contributed by atoms with Crippen molar-refractivity contribution in [1.29, 1.82) is 0 Å². The number of carbonyl (C=O) groups is 1. The fourth-order valence-electron chi connectivity index (χ4n) is 0.577. The third-order valence-corrected chi connectivity index (χ3v) is 3.23. The number of alkyl halides is 4. The van der Waals surface area contributed by atoms with Gasteiger partial charge in [0.05, 0.1) is 6.61 Å². The van der Waals surface area contributed by atoms with Gasteiger partial charge in [-0.25, -0.2) is 4.79 Å². The fraction of sp³-hybridized carbons (Fsp3) is 0.800. The average molecular weight is 273 g/mol. The summed E-state index contributed by atoms with van der Waals surface area (Å²) in [4.78, 5) is 10.7. The van der Waals surface area contributed by atoms with Gasteiger partial charge in [0.1, 0.15) is 0 Å². The van der Waals surface area contributed by atoms with Gasteiger partial charge >= 0.3 is 26.6 Å². The lowest BCUT2D eigenvalue weighted by molar-refractivity contribution is -0.175. The first-order valence-corrected chi connectivity index (χ1v) is 5.11. The highest BCUT2D eigenvalue weighted by Crippen LogP contribution is 2.42. The Labute approximate surface area is 87.4 Å². The second-order valence-electron chi connectivity index (χ2n) is 2.25. The van der Waals surface area contributed by atoms with E-state index in [1.54, 1.807) is 0 Å². The van der Waals surface area contributed by atoms with Crippen LogP contribution in [0.15, 0.2) is 0 Å². The van der Waals surface area contributed by atoms with E-state index in [0.29, 0.717) is 0 Å². The summed E-state index contributed by atoms with van der Waals surface area (Å²) < 4.78 is 68.1. The highest BCUT2D eigenvalue weighted by molar-refractivity contribution is 7.90. The Bertz CT molecular complexity index is 351. The minimum absolute atomic E-state index is 0.571. The van der Waals surface area contributed by atoms with Gasteiger partial charge in [0.2, 0.25) is 0 Å². The summed E-state index contributed by atoms with van der Waals surface area (Å²) in [5.74, 6) is -2.42. The molecule has 0 heterocycles. The highest BCUT2D eigenvalue weighted by Gasteiger charge is 2.71. The van der Waals surface area contributed by atoms with E-state index in [9.17, 15) is 30.3 Å². The van der Waals surface area contributed by atoms with Gasteiger partial charge in [0.25, 0.3) is 0 Å². The Morgan fingerprint density at radius 3 is 2.00 bits per heavy atom. The van der Waals surface area contributed by atoms with Crippen LogP contribution in [0.1, 0.15) is 6.92 Å². The Balaban J connectivity index is 5.54. The SMILES string of the molecule is CCOC(=O)C(Cl)(C(F)(F)F)S(=O)(=O)F. The van der Waals surface area contributed by atoms with E-state index in [1.807, 2.05) is 0 Å². The molecule has 4 nitrogen and oxygen atoms in total. The molecule has 0 spiro atoms. The van der Waals surface area contributed by atoms with E-state index in [-0.39, 0.29) is 0 Å². The third kappa shape index (κ3) is 2.51. The van der Waals surface area contributed by atoms with E-state index in [1.165, 1.54) is 0 Å². The Morgan fingerprint density at radius 2 is 1.80 bits per heavy atom. The molecule has 0 saturated heterocycles. The van der Waals surface area contributed by atoms with Crippen LogP contribution in [-0.4, -0.2) is 31.4 Å². The van der Waals surface area contributed by atoms with E-state index < -0.39 is 33.2 Å². The van der Waals surface area contributed by atoms with Gasteiger partial charge in [-0.2, -0.15) is 21.6 Å². The molecule has 0 aliphatic rings. The number of ether oxygens (including phenoxy) is 1. The molecule has 1 unspecified atom stereocenters. The molecule has 0 aromatic rings. The molecular formula is C5H5ClF4O4S. The van der Waals surface area contributed by atoms with Gasteiger partial charge in [-0.1, -0.05) is 11.6 Å². The number of halogens is 5. The van der Waals surface area contributed by atoms with Crippen LogP contribution in [0.4, 0.5) is 17.1 Å². The standard InChI is InChI=1S/C5H5ClF4O4S/c1-2-14-3(11)4(6,5(7,8)9)15(10,12)13/h2H2,1H3. The Hall–Kier alpha value is -0.570. The van der Waals surface area contributed by atoms with E-state index in [0.717, 1.165) is 6.92 Å². The minimum Gasteiger partial charge on any atom is -0.464 e. The lowest BCUT2D eigenvalue weighted by Crippen LogP contribution is -2.52. The zero-order valence-electron chi connectivity index (χ0n) is 7.14. The molecular weight excluding hydrogens is 268 g/mol. The van der Waals surface area contributed by atoms with E-state index in [4.69, 9.17) is 0 Å². The number of rotatable bonds is 3. The van der Waals surface area contributed by atoms with Crippen molar-refractivity contribution in [2.75, 3.05) is 6.61 Å². The molecule has 10 heteroatoms. The average Bonchev–Trinajstić information content (AvgIpc) is 1.99. The molecule has 0 bridgehead atoms. The summed E-state index contributed by atoms with van der Waals surface area (Å²) in [5.41, 5.74) is 0. The normalized spacial score (nSPS) is 16.9. The molecule has 0 saturated carbocycles. The van der Waals surface area contributed by atoms with Crippen LogP contribution in [0.2, 0.25) is 0 Å². The largest absolute Gasteiger partial charge is 0.464 e. The maximum absolute atomic E-state index is 12.3. The lowest BCUT2D eigenvalue weighted by atomic mass is 10.4. The molecule has 0 aliphatic carbocycles. The summed E-state index contributed by atoms with van der Waals surface area (Å²) in [7, 11) is -6.38. The molecule has 0 aromatic heterocycles. The highest BCUT2D eigenvalue weighted by atomic mass is 35.5. The van der Waals surface area contributed by atoms with Crippen LogP contribution in [0.25, 0.3) is 0 Å². The number of carbonyl (C=O) groups excluding carboxylic acids is 1. The second-order valence-corrected chi connectivity index (χ2v) is 4.53. The minimum atomic E-state index is -6.38. The first-order valence-electron chi connectivity index (χ1n) is 3.35. The smallest absolute Gasteiger partial charge is 0.435 e.